The summed E-state index contributed by atoms with van der Waals surface area (Å²) < 4.78 is 14.6. The highest BCUT2D eigenvalue weighted by Crippen LogP contribution is 2.11. The van der Waals surface area contributed by atoms with Gasteiger partial charge in [-0.3, -0.25) is 9.59 Å². The molecule has 0 aliphatic rings. The lowest BCUT2D eigenvalue weighted by Gasteiger charge is -2.16. The topological polar surface area (TPSA) is 61.8 Å². The predicted octanol–water partition coefficient (Wildman–Crippen LogP) is 1.69. The van der Waals surface area contributed by atoms with Crippen LogP contribution in [0.5, 0.6) is 0 Å². The van der Waals surface area contributed by atoms with Crippen LogP contribution in [0.1, 0.15) is 39.0 Å². The molecule has 100 valence electrons. The van der Waals surface area contributed by atoms with Gasteiger partial charge in [0.05, 0.1) is 7.11 Å². The molecule has 0 N–H and O–H groups in total. The van der Waals surface area contributed by atoms with Crippen molar-refractivity contribution in [3.05, 3.63) is 0 Å². The second-order valence-electron chi connectivity index (χ2n) is 3.83. The molecule has 5 nitrogen and oxygen atoms in total. The number of unbranched alkanes of at least 4 members (excludes halogenated alkanes) is 1. The fourth-order valence-electron chi connectivity index (χ4n) is 1.49. The van der Waals surface area contributed by atoms with Gasteiger partial charge in [-0.25, -0.2) is 0 Å². The molecule has 0 saturated carbocycles. The first kappa shape index (κ1) is 15.9. The van der Waals surface area contributed by atoms with Gasteiger partial charge in [0.15, 0.2) is 0 Å². The van der Waals surface area contributed by atoms with Crippen LogP contribution in [0, 0.1) is 0 Å². The summed E-state index contributed by atoms with van der Waals surface area (Å²) in [5.74, 6) is -0.481. The van der Waals surface area contributed by atoms with E-state index in [9.17, 15) is 9.59 Å². The highest BCUT2D eigenvalue weighted by atomic mass is 16.5. The van der Waals surface area contributed by atoms with Crippen LogP contribution < -0.4 is 0 Å². The molecular formula is C12H22O5. The zero-order valence-corrected chi connectivity index (χ0v) is 10.9. The minimum atomic E-state index is -0.279. The van der Waals surface area contributed by atoms with E-state index in [1.54, 1.807) is 7.11 Å². The van der Waals surface area contributed by atoms with Gasteiger partial charge < -0.3 is 14.2 Å². The Bertz CT molecular complexity index is 227. The molecule has 0 unspecified atom stereocenters. The van der Waals surface area contributed by atoms with E-state index in [2.05, 4.69) is 4.74 Å². The Labute approximate surface area is 102 Å². The summed E-state index contributed by atoms with van der Waals surface area (Å²) in [5.41, 5.74) is 0. The van der Waals surface area contributed by atoms with Gasteiger partial charge in [-0.1, -0.05) is 0 Å². The Morgan fingerprint density at radius 1 is 1.12 bits per heavy atom. The molecule has 0 aromatic heterocycles. The maximum absolute atomic E-state index is 10.9. The van der Waals surface area contributed by atoms with Gasteiger partial charge in [0.2, 0.25) is 0 Å². The van der Waals surface area contributed by atoms with Gasteiger partial charge in [-0.2, -0.15) is 0 Å². The van der Waals surface area contributed by atoms with E-state index in [0.29, 0.717) is 19.4 Å². The zero-order valence-electron chi connectivity index (χ0n) is 10.9. The van der Waals surface area contributed by atoms with Gasteiger partial charge in [0.25, 0.3) is 0 Å². The van der Waals surface area contributed by atoms with E-state index in [1.807, 2.05) is 0 Å². The maximum Gasteiger partial charge on any atom is 0.305 e. The van der Waals surface area contributed by atoms with Gasteiger partial charge in [0, 0.05) is 33.5 Å². The first-order valence-electron chi connectivity index (χ1n) is 5.83. The molecule has 0 aromatic carbocycles. The lowest BCUT2D eigenvalue weighted by Crippen LogP contribution is -2.18. The maximum atomic E-state index is 10.9. The molecule has 0 aliphatic heterocycles. The molecule has 0 radical (unpaired) electrons. The third kappa shape index (κ3) is 9.81. The van der Waals surface area contributed by atoms with Crippen LogP contribution >= 0.6 is 0 Å². The van der Waals surface area contributed by atoms with Crippen LogP contribution in [-0.2, 0) is 23.8 Å². The normalized spacial score (nSPS) is 11.9. The SMILES string of the molecule is COCC[C@@H](CCCCC(=O)OC)OC(C)=O. The number of methoxy groups -OCH3 is 2. The third-order valence-corrected chi connectivity index (χ3v) is 2.36. The van der Waals surface area contributed by atoms with Crippen LogP contribution in [0.15, 0.2) is 0 Å². The zero-order chi connectivity index (χ0) is 13.1. The van der Waals surface area contributed by atoms with Crippen molar-refractivity contribution in [2.24, 2.45) is 0 Å². The van der Waals surface area contributed by atoms with Crippen molar-refractivity contribution in [1.29, 1.82) is 0 Å². The van der Waals surface area contributed by atoms with Crippen LogP contribution in [0.3, 0.4) is 0 Å². The van der Waals surface area contributed by atoms with Gasteiger partial charge in [0.1, 0.15) is 6.10 Å². The van der Waals surface area contributed by atoms with Crippen molar-refractivity contribution in [2.45, 2.75) is 45.1 Å². The molecule has 0 amide bonds. The largest absolute Gasteiger partial charge is 0.469 e. The van der Waals surface area contributed by atoms with Crippen molar-refractivity contribution in [3.8, 4) is 0 Å². The molecule has 0 rings (SSSR count). The Morgan fingerprint density at radius 2 is 1.82 bits per heavy atom. The average molecular weight is 246 g/mol. The minimum absolute atomic E-state index is 0.120. The van der Waals surface area contributed by atoms with Crippen molar-refractivity contribution in [1.82, 2.24) is 0 Å². The van der Waals surface area contributed by atoms with Crippen LogP contribution in [0.25, 0.3) is 0 Å². The highest BCUT2D eigenvalue weighted by molar-refractivity contribution is 5.69. The molecule has 0 heterocycles. The van der Waals surface area contributed by atoms with E-state index in [0.717, 1.165) is 19.3 Å². The van der Waals surface area contributed by atoms with E-state index in [-0.39, 0.29) is 18.0 Å². The van der Waals surface area contributed by atoms with E-state index >= 15 is 0 Å². The number of rotatable bonds is 9. The molecule has 0 spiro atoms. The first-order valence-corrected chi connectivity index (χ1v) is 5.83. The van der Waals surface area contributed by atoms with Gasteiger partial charge >= 0.3 is 11.9 Å². The number of carbonyl (C=O) groups excluding carboxylic acids is 2. The van der Waals surface area contributed by atoms with E-state index in [4.69, 9.17) is 9.47 Å². The number of carbonyl (C=O) groups is 2. The first-order chi connectivity index (χ1) is 8.10. The Morgan fingerprint density at radius 3 is 2.35 bits per heavy atom. The standard InChI is InChI=1S/C12H22O5/c1-10(13)17-11(8-9-15-2)6-4-5-7-12(14)16-3/h11H,4-9H2,1-3H3/t11-/m1/s1. The monoisotopic (exact) mass is 246 g/mol. The predicted molar refractivity (Wildman–Crippen MR) is 62.5 cm³/mol. The summed E-state index contributed by atoms with van der Waals surface area (Å²) in [6, 6.07) is 0. The number of ether oxygens (including phenoxy) is 3. The fraction of sp³-hybridized carbons (Fsp3) is 0.833. The van der Waals surface area contributed by atoms with Crippen molar-refractivity contribution < 1.29 is 23.8 Å². The smallest absolute Gasteiger partial charge is 0.305 e. The van der Waals surface area contributed by atoms with Crippen LogP contribution in [0.4, 0.5) is 0 Å². The van der Waals surface area contributed by atoms with Crippen molar-refractivity contribution in [2.75, 3.05) is 20.8 Å². The molecule has 0 aromatic rings. The number of hydrogen-bond donors (Lipinski definition) is 0. The fourth-order valence-corrected chi connectivity index (χ4v) is 1.49. The molecule has 1 atom stereocenters. The molecule has 0 fully saturated rings. The molecule has 0 bridgehead atoms. The Hall–Kier alpha value is -1.10. The molecule has 5 heteroatoms. The summed E-state index contributed by atoms with van der Waals surface area (Å²) in [7, 11) is 2.99. The van der Waals surface area contributed by atoms with Crippen LogP contribution in [0.2, 0.25) is 0 Å². The Balaban J connectivity index is 3.74. The second-order valence-corrected chi connectivity index (χ2v) is 3.83. The van der Waals surface area contributed by atoms with Crippen molar-refractivity contribution in [3.63, 3.8) is 0 Å². The summed E-state index contributed by atoms with van der Waals surface area (Å²) in [6.07, 6.45) is 3.31. The average Bonchev–Trinajstić information content (AvgIpc) is 2.30. The van der Waals surface area contributed by atoms with Crippen LogP contribution in [-0.4, -0.2) is 38.9 Å². The summed E-state index contributed by atoms with van der Waals surface area (Å²) in [6.45, 7) is 1.96. The van der Waals surface area contributed by atoms with Gasteiger partial charge in [-0.15, -0.1) is 0 Å². The number of esters is 2. The lowest BCUT2D eigenvalue weighted by atomic mass is 10.1. The van der Waals surface area contributed by atoms with E-state index in [1.165, 1.54) is 14.0 Å². The minimum Gasteiger partial charge on any atom is -0.469 e. The molecule has 17 heavy (non-hydrogen) atoms. The summed E-state index contributed by atoms with van der Waals surface area (Å²) in [5, 5.41) is 0. The summed E-state index contributed by atoms with van der Waals surface area (Å²) >= 11 is 0. The highest BCUT2D eigenvalue weighted by Gasteiger charge is 2.12. The molecular weight excluding hydrogens is 224 g/mol. The van der Waals surface area contributed by atoms with Crippen molar-refractivity contribution >= 4 is 11.9 Å². The van der Waals surface area contributed by atoms with E-state index < -0.39 is 0 Å². The lowest BCUT2D eigenvalue weighted by molar-refractivity contribution is -0.147. The van der Waals surface area contributed by atoms with Gasteiger partial charge in [-0.05, 0) is 19.3 Å². The number of hydrogen-bond acceptors (Lipinski definition) is 5. The molecule has 0 saturated heterocycles. The summed E-state index contributed by atoms with van der Waals surface area (Å²) in [4.78, 5) is 21.7. The molecule has 0 aliphatic carbocycles. The third-order valence-electron chi connectivity index (χ3n) is 2.36. The quantitative estimate of drug-likeness (QED) is 0.457. The second kappa shape index (κ2) is 10.1. The Kier molecular flexibility index (Phi) is 9.43.